The van der Waals surface area contributed by atoms with Crippen LogP contribution in [0.5, 0.6) is 17.2 Å². The standard InChI is InChI=1S/2C22H28FNO3.C19H29NO5.C8H8BrF/c2*1-27-22-18(15-25)3-2-4-20(22)21(26)17-10-13-24(14-11-17)12-9-16-5-7-19(23)8-6-16;1-19(2,3)25-18(23)20-10-8-13(9-11-20)16(22)15-7-5-6-14(12-21)17(15)24-4;9-6-5-7-1-3-8(10)4-2-7/h2*2-8,17,21,25-26H,9-15H2,1H3;5-7,13,16,21-22H,8-12H2,1-4H3;1-4H,5-6H2/t21-;;;/m1.../s1/i2*10D2,11D2,12D2,13D2,14D2,17D;8D2,9D2,10D2,11D2,13D;6D2. The second kappa shape index (κ2) is 36.7. The summed E-state index contributed by atoms with van der Waals surface area (Å²) >= 11 is 2.87. The molecule has 3 heterocycles. The minimum Gasteiger partial charge on any atom is -0.496 e. The Morgan fingerprint density at radius 2 is 0.820 bits per heavy atom. The molecule has 6 aromatic carbocycles. The minimum absolute atomic E-state index is 0.0906. The highest BCUT2D eigenvalue weighted by molar-refractivity contribution is 9.09. The van der Waals surface area contributed by atoms with Gasteiger partial charge >= 0.3 is 6.09 Å². The Morgan fingerprint density at radius 3 is 1.09 bits per heavy atom. The average Bonchev–Trinajstić information content (AvgIpc) is 0.644. The van der Waals surface area contributed by atoms with Gasteiger partial charge in [0.25, 0.3) is 0 Å². The zero-order valence-electron chi connectivity index (χ0n) is 82.2. The van der Waals surface area contributed by atoms with Crippen LogP contribution in [0.4, 0.5) is 18.0 Å². The van der Waals surface area contributed by atoms with Crippen LogP contribution in [0, 0.1) is 35.1 Å². The van der Waals surface area contributed by atoms with E-state index >= 15 is 0 Å². The maximum atomic E-state index is 13.3. The molecule has 0 aromatic heterocycles. The largest absolute Gasteiger partial charge is 0.496 e. The highest BCUT2D eigenvalue weighted by Crippen LogP contribution is 2.40. The van der Waals surface area contributed by atoms with E-state index in [9.17, 15) is 48.6 Å². The summed E-state index contributed by atoms with van der Waals surface area (Å²) in [6, 6.07) is 26.1. The molecular formula is C71H93BrF3N3O11. The summed E-state index contributed by atoms with van der Waals surface area (Å²) in [5.41, 5.74) is -1.15. The number of carbonyl (C=O) groups is 1. The van der Waals surface area contributed by atoms with Gasteiger partial charge in [-0.05, 0) is 175 Å². The first-order chi connectivity index (χ1) is 55.1. The number of halogens is 4. The van der Waals surface area contributed by atoms with E-state index in [-0.39, 0.29) is 77.6 Å². The summed E-state index contributed by atoms with van der Waals surface area (Å²) in [5, 5.41) is 61.2. The van der Waals surface area contributed by atoms with Crippen molar-refractivity contribution >= 4 is 22.0 Å². The lowest BCUT2D eigenvalue weighted by molar-refractivity contribution is 0.00733. The molecule has 0 radical (unpaired) electrons. The third-order valence-electron chi connectivity index (χ3n) is 12.5. The first-order valence-electron chi connectivity index (χ1n) is 43.6. The molecule has 2 unspecified atom stereocenters. The fraction of sp³-hybridized carbons (Fsp3) is 0.479. The Balaban J connectivity index is 0.000000265. The van der Waals surface area contributed by atoms with Gasteiger partial charge in [-0.3, -0.25) is 0 Å². The number of benzene rings is 6. The first kappa shape index (κ1) is 38.1. The molecule has 6 N–H and O–H groups in total. The Labute approximate surface area is 579 Å². The van der Waals surface area contributed by atoms with Crippen molar-refractivity contribution in [1.29, 1.82) is 0 Å². The summed E-state index contributed by atoms with van der Waals surface area (Å²) in [6.07, 6.45) is -33.0. The van der Waals surface area contributed by atoms with Crippen LogP contribution in [0.15, 0.2) is 127 Å². The van der Waals surface area contributed by atoms with Crippen LogP contribution in [0.3, 0.4) is 0 Å². The van der Waals surface area contributed by atoms with Crippen molar-refractivity contribution in [3.63, 3.8) is 0 Å². The molecule has 1 amide bonds. The molecule has 3 saturated heterocycles. The zero-order valence-corrected chi connectivity index (χ0v) is 50.8. The van der Waals surface area contributed by atoms with Crippen LogP contribution in [-0.2, 0) is 43.8 Å². The molecule has 14 nitrogen and oxygen atoms in total. The van der Waals surface area contributed by atoms with E-state index in [1.54, 1.807) is 12.1 Å². The number of aliphatic hydroxyl groups is 6. The third-order valence-corrected chi connectivity index (χ3v) is 12.8. The molecule has 18 heteroatoms. The third kappa shape index (κ3) is 22.1. The Morgan fingerprint density at radius 1 is 0.528 bits per heavy atom. The van der Waals surface area contributed by atoms with Crippen LogP contribution in [0.2, 0.25) is 0 Å². The minimum atomic E-state index is -3.76. The SMILES string of the molecule is [2H]C([2H])(Br)Cc1ccc(F)cc1.[2H]C([2H])(Cc1ccc(F)cc1)N1C([2H])([2H])C([2H])([2H])C([2H])(C(O)c2cccc(CO)c2OC)C([2H])([2H])C1([2H])[2H].[2H]C([2H])(Cc1ccc(F)cc1)N1C([2H])([2H])C([2H])([2H])C([2H])([C@@H](O)c2cccc(CO)c2OC)C([2H])([2H])C1([2H])[2H].[2H]C1([2H])N(C(=O)OC(C)(C)C)C([2H])([2H])C([2H])([2H])C([2H])(C(O)c2cccc(CO)c2OC)C1([2H])[2H]. The number of carbonyl (C=O) groups excluding carboxylic acids is 1. The van der Waals surface area contributed by atoms with Crippen LogP contribution >= 0.6 is 15.9 Å². The molecule has 0 aliphatic carbocycles. The molecule has 0 saturated carbocycles. The second-order valence-electron chi connectivity index (χ2n) is 19.8. The first-order valence-corrected chi connectivity index (χ1v) is 27.8. The lowest BCUT2D eigenvalue weighted by Gasteiger charge is -2.35. The van der Waals surface area contributed by atoms with Crippen LogP contribution in [-0.4, -0.2) is 136 Å². The topological polar surface area (TPSA) is 185 Å². The van der Waals surface area contributed by atoms with Gasteiger partial charge in [-0.1, -0.05) is 107 Å². The van der Waals surface area contributed by atoms with Gasteiger partial charge in [0.05, 0.1) is 59.5 Å². The van der Waals surface area contributed by atoms with E-state index < -0.39 is 199 Å². The van der Waals surface area contributed by atoms with Gasteiger partial charge in [-0.25, -0.2) is 18.0 Å². The van der Waals surface area contributed by atoms with Gasteiger partial charge in [-0.15, -0.1) is 0 Å². The van der Waals surface area contributed by atoms with Gasteiger partial charge < -0.3 is 64.3 Å². The summed E-state index contributed by atoms with van der Waals surface area (Å²) in [4.78, 5) is 12.0. The number of para-hydroxylation sites is 3. The van der Waals surface area contributed by atoms with Crippen molar-refractivity contribution in [2.24, 2.45) is 17.7 Å². The lowest BCUT2D eigenvalue weighted by Crippen LogP contribution is -2.42. The van der Waals surface area contributed by atoms with Crippen molar-refractivity contribution < 1.29 is 113 Å². The fourth-order valence-electron chi connectivity index (χ4n) is 8.11. The molecule has 89 heavy (non-hydrogen) atoms. The Bertz CT molecular complexity index is 4390. The average molecular weight is 1330 g/mol. The van der Waals surface area contributed by atoms with Gasteiger partial charge in [-0.2, -0.15) is 0 Å². The lowest BCUT2D eigenvalue weighted by atomic mass is 9.86. The smallest absolute Gasteiger partial charge is 0.410 e. The van der Waals surface area contributed by atoms with Crippen molar-refractivity contribution in [3.05, 3.63) is 195 Å². The van der Waals surface area contributed by atoms with Crippen molar-refractivity contribution in [2.75, 3.05) is 78.6 Å². The van der Waals surface area contributed by atoms with Gasteiger partial charge in [0.1, 0.15) is 40.3 Å². The normalized spacial score (nSPS) is 30.1. The highest BCUT2D eigenvalue weighted by Gasteiger charge is 2.33. The molecule has 3 atom stereocenters. The number of alkyl halides is 1. The van der Waals surface area contributed by atoms with E-state index in [0.717, 1.165) is 69.4 Å². The van der Waals surface area contributed by atoms with E-state index in [2.05, 4.69) is 15.9 Å². The number of hydrogen-bond acceptors (Lipinski definition) is 13. The number of likely N-dealkylation sites (tertiary alicyclic amines) is 3. The predicted molar refractivity (Wildman–Crippen MR) is 345 cm³/mol. The number of methoxy groups -OCH3 is 3. The fourth-order valence-corrected chi connectivity index (χ4v) is 8.44. The summed E-state index contributed by atoms with van der Waals surface area (Å²) in [7, 11) is 3.46. The molecule has 3 fully saturated rings. The number of amides is 1. The molecule has 3 aliphatic heterocycles. The van der Waals surface area contributed by atoms with Crippen LogP contribution < -0.4 is 14.2 Å². The molecular weight excluding hydrogens is 1210 g/mol. The van der Waals surface area contributed by atoms with Crippen LogP contribution in [0.25, 0.3) is 0 Å². The molecule has 9 rings (SSSR count). The summed E-state index contributed by atoms with van der Waals surface area (Å²) < 4.78 is 340. The second-order valence-corrected chi connectivity index (χ2v) is 20.4. The Hall–Kier alpha value is -6.06. The summed E-state index contributed by atoms with van der Waals surface area (Å²) in [6.45, 7) is -25.9. The summed E-state index contributed by atoms with van der Waals surface area (Å²) in [5.74, 6) is -13.0. The zero-order chi connectivity index (χ0) is 94.1. The highest BCUT2D eigenvalue weighted by atomic mass is 79.9. The molecule has 0 bridgehead atoms. The predicted octanol–water partition coefficient (Wildman–Crippen LogP) is 12.3. The number of aliphatic hydroxyl groups excluding tert-OH is 6. The Kier molecular flexibility index (Phi) is 15.7. The monoisotopic (exact) mass is 1330 g/mol. The van der Waals surface area contributed by atoms with E-state index in [0.29, 0.717) is 0 Å². The van der Waals surface area contributed by atoms with Gasteiger partial charge in [0, 0.05) is 110 Å². The van der Waals surface area contributed by atoms with E-state index in [1.807, 2.05) is 0 Å². The van der Waals surface area contributed by atoms with Crippen molar-refractivity contribution in [2.45, 2.75) is 122 Å². The number of hydrogen-bond donors (Lipinski definition) is 6. The molecule has 3 aliphatic rings. The number of ether oxygens (including phenoxy) is 4. The van der Waals surface area contributed by atoms with Crippen molar-refractivity contribution in [3.8, 4) is 17.2 Å². The maximum absolute atomic E-state index is 13.3. The molecule has 486 valence electrons. The molecule has 0 spiro atoms. The number of rotatable bonds is 20. The van der Waals surface area contributed by atoms with E-state index in [4.69, 9.17) is 64.2 Å². The number of piperidine rings is 3. The quantitative estimate of drug-likeness (QED) is 0.0397. The van der Waals surface area contributed by atoms with E-state index in [1.165, 1.54) is 93.6 Å². The van der Waals surface area contributed by atoms with Gasteiger partial charge in [0.15, 0.2) is 0 Å². The number of nitrogens with zero attached hydrogens (tertiary/aromatic N) is 3. The molecule has 6 aromatic rings. The van der Waals surface area contributed by atoms with Crippen LogP contribution in [0.1, 0.15) is 173 Å². The van der Waals surface area contributed by atoms with Gasteiger partial charge in [0.2, 0.25) is 0 Å². The van der Waals surface area contributed by atoms with Crippen molar-refractivity contribution in [1.82, 2.24) is 14.7 Å². The maximum Gasteiger partial charge on any atom is 0.410 e. The number of aryl methyl sites for hydroxylation is 3.